The van der Waals surface area contributed by atoms with E-state index in [1.807, 2.05) is 0 Å². The molecule has 0 saturated carbocycles. The van der Waals surface area contributed by atoms with E-state index in [-0.39, 0.29) is 35.6 Å². The van der Waals surface area contributed by atoms with Crippen LogP contribution in [0.15, 0.2) is 35.3 Å². The van der Waals surface area contributed by atoms with Crippen LogP contribution in [0, 0.1) is 5.92 Å². The molecule has 1 aromatic carbocycles. The minimum absolute atomic E-state index is 0. The molecule has 33 heavy (non-hydrogen) atoms. The quantitative estimate of drug-likeness (QED) is 0.251. The lowest BCUT2D eigenvalue weighted by atomic mass is 9.88. The molecule has 1 aromatic rings. The number of benzene rings is 1. The summed E-state index contributed by atoms with van der Waals surface area (Å²) >= 11 is 0. The minimum atomic E-state index is -0.0193. The van der Waals surface area contributed by atoms with Crippen LogP contribution in [0.1, 0.15) is 58.6 Å². The summed E-state index contributed by atoms with van der Waals surface area (Å²) in [5, 5.41) is 7.52. The normalized spacial score (nSPS) is 21.7. The van der Waals surface area contributed by atoms with Crippen LogP contribution in [-0.4, -0.2) is 80.3 Å². The van der Waals surface area contributed by atoms with Gasteiger partial charge in [-0.3, -0.25) is 4.99 Å². The fourth-order valence-corrected chi connectivity index (χ4v) is 5.07. The second-order valence-corrected chi connectivity index (χ2v) is 9.43. The lowest BCUT2D eigenvalue weighted by molar-refractivity contribution is 0.0373. The summed E-state index contributed by atoms with van der Waals surface area (Å²) in [5.74, 6) is 1.81. The molecular formula is C26H46IN5O. The summed E-state index contributed by atoms with van der Waals surface area (Å²) in [6.45, 7) is 17.9. The van der Waals surface area contributed by atoms with Gasteiger partial charge in [0.1, 0.15) is 0 Å². The van der Waals surface area contributed by atoms with Crippen molar-refractivity contribution in [3.8, 4) is 0 Å². The van der Waals surface area contributed by atoms with Crippen LogP contribution in [0.3, 0.4) is 0 Å². The molecule has 2 atom stereocenters. The van der Waals surface area contributed by atoms with Crippen molar-refractivity contribution in [2.24, 2.45) is 10.9 Å². The second kappa shape index (κ2) is 14.5. The van der Waals surface area contributed by atoms with E-state index in [9.17, 15) is 0 Å². The summed E-state index contributed by atoms with van der Waals surface area (Å²) < 4.78 is 5.72. The van der Waals surface area contributed by atoms with Crippen LogP contribution in [0.25, 0.3) is 0 Å². The SMILES string of the molecule is CCNC(=NCC1(NC(C)c2ccccc2)CCOCC1)N1CCC(CN(CC)CC)C1.I. The molecule has 2 aliphatic rings. The number of hydrogen-bond donors (Lipinski definition) is 2. The van der Waals surface area contributed by atoms with Crippen molar-refractivity contribution in [3.63, 3.8) is 0 Å². The molecule has 2 N–H and O–H groups in total. The predicted octanol–water partition coefficient (Wildman–Crippen LogP) is 4.13. The highest BCUT2D eigenvalue weighted by Crippen LogP contribution is 2.26. The number of nitrogens with one attached hydrogen (secondary N) is 2. The molecule has 6 nitrogen and oxygen atoms in total. The van der Waals surface area contributed by atoms with Crippen LogP contribution in [0.2, 0.25) is 0 Å². The van der Waals surface area contributed by atoms with Crippen LogP contribution < -0.4 is 10.6 Å². The fraction of sp³-hybridized carbons (Fsp3) is 0.731. The maximum atomic E-state index is 5.72. The Kier molecular flexibility index (Phi) is 12.4. The van der Waals surface area contributed by atoms with Gasteiger partial charge in [0.05, 0.1) is 6.54 Å². The second-order valence-electron chi connectivity index (χ2n) is 9.43. The molecule has 0 radical (unpaired) electrons. The van der Waals surface area contributed by atoms with Gasteiger partial charge in [0.15, 0.2) is 5.96 Å². The summed E-state index contributed by atoms with van der Waals surface area (Å²) in [4.78, 5) is 10.2. The summed E-state index contributed by atoms with van der Waals surface area (Å²) in [6.07, 6.45) is 3.25. The third-order valence-corrected chi connectivity index (χ3v) is 7.13. The number of guanidine groups is 1. The van der Waals surface area contributed by atoms with Crippen LogP contribution in [-0.2, 0) is 4.74 Å². The topological polar surface area (TPSA) is 52.1 Å². The molecule has 3 rings (SSSR count). The Morgan fingerprint density at radius 3 is 2.52 bits per heavy atom. The zero-order valence-electron chi connectivity index (χ0n) is 21.2. The highest BCUT2D eigenvalue weighted by atomic mass is 127. The number of halogens is 1. The third-order valence-electron chi connectivity index (χ3n) is 7.13. The van der Waals surface area contributed by atoms with E-state index < -0.39 is 0 Å². The number of nitrogens with zero attached hydrogens (tertiary/aromatic N) is 3. The molecule has 2 unspecified atom stereocenters. The first-order valence-corrected chi connectivity index (χ1v) is 12.7. The van der Waals surface area contributed by atoms with Gasteiger partial charge in [-0.15, -0.1) is 24.0 Å². The number of aliphatic imine (C=N–C) groups is 1. The van der Waals surface area contributed by atoms with Crippen LogP contribution in [0.4, 0.5) is 0 Å². The van der Waals surface area contributed by atoms with Gasteiger partial charge < -0.3 is 25.2 Å². The average molecular weight is 572 g/mol. The van der Waals surface area contributed by atoms with E-state index in [1.165, 1.54) is 18.5 Å². The molecule has 188 valence electrons. The Bertz CT molecular complexity index is 691. The Balaban J connectivity index is 0.00000385. The Labute approximate surface area is 218 Å². The zero-order chi connectivity index (χ0) is 22.8. The molecule has 2 saturated heterocycles. The van der Waals surface area contributed by atoms with Crippen molar-refractivity contribution < 1.29 is 4.74 Å². The molecule has 0 bridgehead atoms. The zero-order valence-corrected chi connectivity index (χ0v) is 23.5. The number of hydrogen-bond acceptors (Lipinski definition) is 4. The van der Waals surface area contributed by atoms with Gasteiger partial charge in [0.2, 0.25) is 0 Å². The van der Waals surface area contributed by atoms with E-state index >= 15 is 0 Å². The van der Waals surface area contributed by atoms with E-state index in [0.29, 0.717) is 0 Å². The highest BCUT2D eigenvalue weighted by Gasteiger charge is 2.34. The van der Waals surface area contributed by atoms with Crippen LogP contribution >= 0.6 is 24.0 Å². The Morgan fingerprint density at radius 1 is 1.18 bits per heavy atom. The van der Waals surface area contributed by atoms with Crippen molar-refractivity contribution in [1.29, 1.82) is 0 Å². The van der Waals surface area contributed by atoms with Gasteiger partial charge in [0, 0.05) is 51.0 Å². The average Bonchev–Trinajstić information content (AvgIpc) is 3.29. The van der Waals surface area contributed by atoms with Gasteiger partial charge in [-0.1, -0.05) is 44.2 Å². The maximum Gasteiger partial charge on any atom is 0.193 e. The molecule has 7 heteroatoms. The van der Waals surface area contributed by atoms with Crippen molar-refractivity contribution in [1.82, 2.24) is 20.4 Å². The molecule has 0 aromatic heterocycles. The first kappa shape index (κ1) is 28.3. The van der Waals surface area contributed by atoms with E-state index in [1.54, 1.807) is 0 Å². The van der Waals surface area contributed by atoms with Gasteiger partial charge >= 0.3 is 0 Å². The van der Waals surface area contributed by atoms with Gasteiger partial charge in [-0.25, -0.2) is 0 Å². The van der Waals surface area contributed by atoms with Crippen molar-refractivity contribution in [2.45, 2.75) is 58.5 Å². The van der Waals surface area contributed by atoms with Gasteiger partial charge in [0.25, 0.3) is 0 Å². The molecule has 0 amide bonds. The summed E-state index contributed by atoms with van der Waals surface area (Å²) in [5.41, 5.74) is 1.31. The van der Waals surface area contributed by atoms with Crippen molar-refractivity contribution >= 4 is 29.9 Å². The molecule has 0 aliphatic carbocycles. The molecule has 2 fully saturated rings. The van der Waals surface area contributed by atoms with Crippen molar-refractivity contribution in [2.75, 3.05) is 59.0 Å². The Morgan fingerprint density at radius 2 is 1.88 bits per heavy atom. The van der Waals surface area contributed by atoms with E-state index in [0.717, 1.165) is 77.2 Å². The van der Waals surface area contributed by atoms with Gasteiger partial charge in [-0.2, -0.15) is 0 Å². The highest BCUT2D eigenvalue weighted by molar-refractivity contribution is 14.0. The monoisotopic (exact) mass is 571 g/mol. The van der Waals surface area contributed by atoms with E-state index in [4.69, 9.17) is 9.73 Å². The first-order valence-electron chi connectivity index (χ1n) is 12.7. The van der Waals surface area contributed by atoms with E-state index in [2.05, 4.69) is 78.5 Å². The largest absolute Gasteiger partial charge is 0.381 e. The van der Waals surface area contributed by atoms with Crippen molar-refractivity contribution in [3.05, 3.63) is 35.9 Å². The lowest BCUT2D eigenvalue weighted by Crippen LogP contribution is -2.53. The fourth-order valence-electron chi connectivity index (χ4n) is 5.07. The van der Waals surface area contributed by atoms with Crippen LogP contribution in [0.5, 0.6) is 0 Å². The smallest absolute Gasteiger partial charge is 0.193 e. The molecule has 0 spiro atoms. The number of rotatable bonds is 10. The third kappa shape index (κ3) is 8.37. The minimum Gasteiger partial charge on any atom is -0.381 e. The maximum absolute atomic E-state index is 5.72. The molecular weight excluding hydrogens is 525 g/mol. The van der Waals surface area contributed by atoms with Gasteiger partial charge in [-0.05, 0) is 57.7 Å². The lowest BCUT2D eigenvalue weighted by Gasteiger charge is -2.40. The standard InChI is InChI=1S/C26H45N5O.HI/c1-5-27-25(31-16-13-23(20-31)19-30(6-2)7-3)28-21-26(14-17-32-18-15-26)29-22(4)24-11-9-8-10-12-24;/h8-12,22-23,29H,5-7,13-21H2,1-4H3,(H,27,28);1H. The first-order chi connectivity index (χ1) is 15.6. The number of ether oxygens (including phenoxy) is 1. The molecule has 2 aliphatic heterocycles. The predicted molar refractivity (Wildman–Crippen MR) is 150 cm³/mol. The number of likely N-dealkylation sites (tertiary alicyclic amines) is 1. The molecule has 2 heterocycles. The summed E-state index contributed by atoms with van der Waals surface area (Å²) in [7, 11) is 0. The summed E-state index contributed by atoms with van der Waals surface area (Å²) in [6, 6.07) is 11.0. The Hall–Kier alpha value is -0.900.